The molecular formula is C17H33N3O3. The first kappa shape index (κ1) is 19.9. The summed E-state index contributed by atoms with van der Waals surface area (Å²) >= 11 is 0. The number of nitrogens with one attached hydrogen (secondary N) is 1. The van der Waals surface area contributed by atoms with E-state index in [0.717, 1.165) is 32.2 Å². The summed E-state index contributed by atoms with van der Waals surface area (Å²) in [6, 6.07) is 0.0640. The van der Waals surface area contributed by atoms with Crippen molar-refractivity contribution in [3.8, 4) is 0 Å². The molecule has 6 heteroatoms. The average molecular weight is 327 g/mol. The van der Waals surface area contributed by atoms with Gasteiger partial charge in [0.15, 0.2) is 0 Å². The average Bonchev–Trinajstić information content (AvgIpc) is 2.52. The minimum absolute atomic E-state index is 0.0338. The highest BCUT2D eigenvalue weighted by molar-refractivity contribution is 5.81. The molecule has 6 nitrogen and oxygen atoms in total. The number of hydrogen-bond acceptors (Lipinski definition) is 4. The molecule has 23 heavy (non-hydrogen) atoms. The van der Waals surface area contributed by atoms with Crippen LogP contribution in [0, 0.1) is 5.92 Å². The molecule has 134 valence electrons. The van der Waals surface area contributed by atoms with Gasteiger partial charge in [-0.15, -0.1) is 0 Å². The fraction of sp³-hybridized carbons (Fsp3) is 0.882. The smallest absolute Gasteiger partial charge is 0.251 e. The molecule has 1 aliphatic heterocycles. The van der Waals surface area contributed by atoms with Crippen LogP contribution >= 0.6 is 0 Å². The molecule has 0 spiro atoms. The second kappa shape index (κ2) is 10.6. The number of piperidine rings is 1. The molecule has 2 atom stereocenters. The van der Waals surface area contributed by atoms with Crippen molar-refractivity contribution in [1.82, 2.24) is 10.2 Å². The van der Waals surface area contributed by atoms with E-state index in [4.69, 9.17) is 10.5 Å². The minimum Gasteiger partial charge on any atom is -0.369 e. The van der Waals surface area contributed by atoms with Crippen molar-refractivity contribution in [3.05, 3.63) is 0 Å². The van der Waals surface area contributed by atoms with Gasteiger partial charge >= 0.3 is 0 Å². The van der Waals surface area contributed by atoms with Crippen LogP contribution in [-0.4, -0.2) is 55.1 Å². The van der Waals surface area contributed by atoms with E-state index in [9.17, 15) is 9.59 Å². The lowest BCUT2D eigenvalue weighted by Gasteiger charge is -2.37. The second-order valence-corrected chi connectivity index (χ2v) is 6.72. The standard InChI is InChI=1S/C17H33N3O3/c1-13(2)8-11-23-14(3)17(22)20-10-5-4-6-15(20)12-19-16(21)7-9-18/h13-15H,4-12,18H2,1-3H3,(H,19,21). The van der Waals surface area contributed by atoms with E-state index in [1.54, 1.807) is 0 Å². The summed E-state index contributed by atoms with van der Waals surface area (Å²) in [5.74, 6) is 0.552. The van der Waals surface area contributed by atoms with Gasteiger partial charge in [0.05, 0.1) is 0 Å². The number of hydrogen-bond donors (Lipinski definition) is 2. The van der Waals surface area contributed by atoms with Gasteiger partial charge in [0.2, 0.25) is 5.91 Å². The highest BCUT2D eigenvalue weighted by Gasteiger charge is 2.30. The van der Waals surface area contributed by atoms with E-state index in [1.165, 1.54) is 0 Å². The van der Waals surface area contributed by atoms with Crippen molar-refractivity contribution in [2.45, 2.75) is 65.0 Å². The molecule has 2 unspecified atom stereocenters. The Morgan fingerprint density at radius 2 is 2.04 bits per heavy atom. The molecule has 0 aromatic rings. The molecule has 0 radical (unpaired) electrons. The van der Waals surface area contributed by atoms with Gasteiger partial charge in [-0.05, 0) is 38.5 Å². The van der Waals surface area contributed by atoms with Gasteiger partial charge in [0, 0.05) is 38.7 Å². The van der Waals surface area contributed by atoms with Gasteiger partial charge in [-0.25, -0.2) is 0 Å². The summed E-state index contributed by atoms with van der Waals surface area (Å²) in [5.41, 5.74) is 5.38. The van der Waals surface area contributed by atoms with E-state index in [0.29, 0.717) is 32.0 Å². The lowest BCUT2D eigenvalue weighted by molar-refractivity contribution is -0.146. The Morgan fingerprint density at radius 3 is 2.70 bits per heavy atom. The van der Waals surface area contributed by atoms with Crippen LogP contribution in [0.3, 0.4) is 0 Å². The van der Waals surface area contributed by atoms with Gasteiger partial charge in [-0.3, -0.25) is 9.59 Å². The summed E-state index contributed by atoms with van der Waals surface area (Å²) < 4.78 is 5.69. The second-order valence-electron chi connectivity index (χ2n) is 6.72. The molecule has 0 aromatic carbocycles. The molecule has 0 aliphatic carbocycles. The maximum atomic E-state index is 12.6. The molecule has 3 N–H and O–H groups in total. The zero-order valence-electron chi connectivity index (χ0n) is 14.8. The summed E-state index contributed by atoms with van der Waals surface area (Å²) in [7, 11) is 0. The summed E-state index contributed by atoms with van der Waals surface area (Å²) in [6.07, 6.45) is 3.88. The van der Waals surface area contributed by atoms with Crippen LogP contribution in [0.5, 0.6) is 0 Å². The van der Waals surface area contributed by atoms with Crippen LogP contribution in [0.4, 0.5) is 0 Å². The van der Waals surface area contributed by atoms with E-state index < -0.39 is 6.10 Å². The third-order valence-corrected chi connectivity index (χ3v) is 4.23. The van der Waals surface area contributed by atoms with E-state index in [1.807, 2.05) is 11.8 Å². The SMILES string of the molecule is CC(C)CCOC(C)C(=O)N1CCCCC1CNC(=O)CCN. The first-order valence-corrected chi connectivity index (χ1v) is 8.84. The highest BCUT2D eigenvalue weighted by Crippen LogP contribution is 2.18. The van der Waals surface area contributed by atoms with Crippen LogP contribution in [0.2, 0.25) is 0 Å². The molecule has 0 aromatic heterocycles. The zero-order valence-corrected chi connectivity index (χ0v) is 14.8. The maximum absolute atomic E-state index is 12.6. The van der Waals surface area contributed by atoms with Crippen molar-refractivity contribution < 1.29 is 14.3 Å². The number of rotatable bonds is 9. The Kier molecular flexibility index (Phi) is 9.17. The molecule has 1 saturated heterocycles. The number of ether oxygens (including phenoxy) is 1. The molecule has 1 fully saturated rings. The van der Waals surface area contributed by atoms with Crippen LogP contribution in [0.25, 0.3) is 0 Å². The number of amides is 2. The molecule has 1 heterocycles. The van der Waals surface area contributed by atoms with E-state index in [2.05, 4.69) is 19.2 Å². The third-order valence-electron chi connectivity index (χ3n) is 4.23. The Labute approximate surface area is 140 Å². The van der Waals surface area contributed by atoms with Crippen LogP contribution in [-0.2, 0) is 14.3 Å². The maximum Gasteiger partial charge on any atom is 0.251 e. The fourth-order valence-electron chi connectivity index (χ4n) is 2.74. The molecule has 0 saturated carbocycles. The van der Waals surface area contributed by atoms with Crippen molar-refractivity contribution in [1.29, 1.82) is 0 Å². The Balaban J connectivity index is 2.48. The number of nitrogens with two attached hydrogens (primary N) is 1. The molecule has 1 aliphatic rings. The van der Waals surface area contributed by atoms with Crippen molar-refractivity contribution in [2.75, 3.05) is 26.2 Å². The number of carbonyl (C=O) groups is 2. The van der Waals surface area contributed by atoms with Crippen LogP contribution in [0.1, 0.15) is 52.9 Å². The highest BCUT2D eigenvalue weighted by atomic mass is 16.5. The summed E-state index contributed by atoms with van der Waals surface area (Å²) in [5, 5.41) is 2.88. The largest absolute Gasteiger partial charge is 0.369 e. The summed E-state index contributed by atoms with van der Waals surface area (Å²) in [6.45, 7) is 8.30. The fourth-order valence-corrected chi connectivity index (χ4v) is 2.74. The first-order chi connectivity index (χ1) is 11.0. The number of nitrogens with zero attached hydrogens (tertiary/aromatic N) is 1. The van der Waals surface area contributed by atoms with Gasteiger partial charge in [0.1, 0.15) is 6.10 Å². The lowest BCUT2D eigenvalue weighted by atomic mass is 10.0. The third kappa shape index (κ3) is 7.31. The number of carbonyl (C=O) groups excluding carboxylic acids is 2. The Bertz CT molecular complexity index is 374. The first-order valence-electron chi connectivity index (χ1n) is 8.84. The predicted octanol–water partition coefficient (Wildman–Crippen LogP) is 1.28. The Morgan fingerprint density at radius 1 is 1.30 bits per heavy atom. The van der Waals surface area contributed by atoms with Crippen molar-refractivity contribution in [3.63, 3.8) is 0 Å². The van der Waals surface area contributed by atoms with Gasteiger partial charge < -0.3 is 20.7 Å². The van der Waals surface area contributed by atoms with Crippen molar-refractivity contribution in [2.24, 2.45) is 11.7 Å². The van der Waals surface area contributed by atoms with Gasteiger partial charge in [-0.1, -0.05) is 13.8 Å². The van der Waals surface area contributed by atoms with Crippen LogP contribution in [0.15, 0.2) is 0 Å². The Hall–Kier alpha value is -1.14. The molecule has 0 bridgehead atoms. The minimum atomic E-state index is -0.422. The quantitative estimate of drug-likeness (QED) is 0.668. The van der Waals surface area contributed by atoms with Gasteiger partial charge in [-0.2, -0.15) is 0 Å². The summed E-state index contributed by atoms with van der Waals surface area (Å²) in [4.78, 5) is 26.1. The predicted molar refractivity (Wildman–Crippen MR) is 90.9 cm³/mol. The zero-order chi connectivity index (χ0) is 17.2. The van der Waals surface area contributed by atoms with Gasteiger partial charge in [0.25, 0.3) is 5.91 Å². The normalized spacial score (nSPS) is 19.7. The molecular weight excluding hydrogens is 294 g/mol. The number of likely N-dealkylation sites (tertiary alicyclic amines) is 1. The lowest BCUT2D eigenvalue weighted by Crippen LogP contribution is -2.52. The van der Waals surface area contributed by atoms with E-state index >= 15 is 0 Å². The molecule has 1 rings (SSSR count). The van der Waals surface area contributed by atoms with Crippen molar-refractivity contribution >= 4 is 11.8 Å². The monoisotopic (exact) mass is 327 g/mol. The van der Waals surface area contributed by atoms with E-state index in [-0.39, 0.29) is 17.9 Å². The molecule has 2 amide bonds. The van der Waals surface area contributed by atoms with Crippen LogP contribution < -0.4 is 11.1 Å². The topological polar surface area (TPSA) is 84.7 Å².